The molecule has 3 nitrogen and oxygen atoms in total. The number of benzene rings is 1. The highest BCUT2D eigenvalue weighted by atomic mass is 15.0. The molecule has 106 valence electrons. The van der Waals surface area contributed by atoms with E-state index in [0.29, 0.717) is 0 Å². The van der Waals surface area contributed by atoms with Crippen LogP contribution in [0.2, 0.25) is 0 Å². The SMILES string of the molecule is CCNc1nc(CC)nc(-c2ccc(C)cc2C)c1C. The van der Waals surface area contributed by atoms with Crippen LogP contribution in [0.5, 0.6) is 0 Å². The molecular weight excluding hydrogens is 246 g/mol. The summed E-state index contributed by atoms with van der Waals surface area (Å²) in [4.78, 5) is 9.33. The molecule has 0 aliphatic heterocycles. The Morgan fingerprint density at radius 1 is 1.05 bits per heavy atom. The molecule has 1 heterocycles. The second kappa shape index (κ2) is 6.04. The molecule has 0 atom stereocenters. The number of hydrogen-bond acceptors (Lipinski definition) is 3. The van der Waals surface area contributed by atoms with Crippen LogP contribution in [-0.2, 0) is 6.42 Å². The summed E-state index contributed by atoms with van der Waals surface area (Å²) in [6, 6.07) is 6.51. The average molecular weight is 269 g/mol. The predicted octanol–water partition coefficient (Wildman–Crippen LogP) is 4.06. The summed E-state index contributed by atoms with van der Waals surface area (Å²) in [6.07, 6.45) is 0.844. The first kappa shape index (κ1) is 14.5. The maximum absolute atomic E-state index is 4.74. The predicted molar refractivity (Wildman–Crippen MR) is 85.2 cm³/mol. The van der Waals surface area contributed by atoms with Crippen molar-refractivity contribution in [1.82, 2.24) is 9.97 Å². The van der Waals surface area contributed by atoms with E-state index in [1.165, 1.54) is 16.7 Å². The Morgan fingerprint density at radius 3 is 2.40 bits per heavy atom. The second-order valence-corrected chi connectivity index (χ2v) is 5.16. The Kier molecular flexibility index (Phi) is 4.38. The van der Waals surface area contributed by atoms with Gasteiger partial charge in [-0.3, -0.25) is 0 Å². The Morgan fingerprint density at radius 2 is 1.80 bits per heavy atom. The van der Waals surface area contributed by atoms with Gasteiger partial charge in [0.15, 0.2) is 0 Å². The van der Waals surface area contributed by atoms with Crippen LogP contribution in [0.1, 0.15) is 36.4 Å². The third-order valence-electron chi connectivity index (χ3n) is 3.49. The van der Waals surface area contributed by atoms with Gasteiger partial charge < -0.3 is 5.32 Å². The fourth-order valence-electron chi connectivity index (χ4n) is 2.40. The van der Waals surface area contributed by atoms with Gasteiger partial charge in [0.05, 0.1) is 5.69 Å². The maximum atomic E-state index is 4.74. The van der Waals surface area contributed by atoms with Crippen LogP contribution in [-0.4, -0.2) is 16.5 Å². The lowest BCUT2D eigenvalue weighted by Gasteiger charge is -2.14. The minimum absolute atomic E-state index is 0.844. The van der Waals surface area contributed by atoms with Crippen LogP contribution >= 0.6 is 0 Å². The Bertz CT molecular complexity index is 618. The van der Waals surface area contributed by atoms with Gasteiger partial charge in [-0.25, -0.2) is 9.97 Å². The van der Waals surface area contributed by atoms with Crippen molar-refractivity contribution in [2.45, 2.75) is 41.0 Å². The fourth-order valence-corrected chi connectivity index (χ4v) is 2.40. The molecule has 1 N–H and O–H groups in total. The van der Waals surface area contributed by atoms with Crippen LogP contribution < -0.4 is 5.32 Å². The van der Waals surface area contributed by atoms with Crippen molar-refractivity contribution in [1.29, 1.82) is 0 Å². The van der Waals surface area contributed by atoms with Gasteiger partial charge in [-0.05, 0) is 33.3 Å². The van der Waals surface area contributed by atoms with E-state index in [2.05, 4.69) is 63.1 Å². The number of nitrogens with one attached hydrogen (secondary N) is 1. The lowest BCUT2D eigenvalue weighted by Crippen LogP contribution is -2.08. The van der Waals surface area contributed by atoms with Crippen molar-refractivity contribution in [2.75, 3.05) is 11.9 Å². The molecule has 0 bridgehead atoms. The zero-order chi connectivity index (χ0) is 14.7. The van der Waals surface area contributed by atoms with Crippen LogP contribution in [0.4, 0.5) is 5.82 Å². The third kappa shape index (κ3) is 2.82. The molecule has 0 saturated carbocycles. The normalized spacial score (nSPS) is 10.7. The number of anilines is 1. The first-order chi connectivity index (χ1) is 9.56. The van der Waals surface area contributed by atoms with E-state index in [1.807, 2.05) is 0 Å². The molecule has 0 spiro atoms. The van der Waals surface area contributed by atoms with Gasteiger partial charge in [-0.15, -0.1) is 0 Å². The van der Waals surface area contributed by atoms with E-state index < -0.39 is 0 Å². The Balaban J connectivity index is 2.62. The van der Waals surface area contributed by atoms with Crippen molar-refractivity contribution >= 4 is 5.82 Å². The number of rotatable bonds is 4. The number of aryl methyl sites for hydroxylation is 3. The molecule has 2 rings (SSSR count). The van der Waals surface area contributed by atoms with Gasteiger partial charge in [0.2, 0.25) is 0 Å². The first-order valence-corrected chi connectivity index (χ1v) is 7.25. The highest BCUT2D eigenvalue weighted by Crippen LogP contribution is 2.29. The second-order valence-electron chi connectivity index (χ2n) is 5.16. The molecule has 0 radical (unpaired) electrons. The standard InChI is InChI=1S/C17H23N3/c1-6-15-19-16(13(5)17(20-15)18-7-2)14-9-8-11(3)10-12(14)4/h8-10H,6-7H2,1-5H3,(H,18,19,20). The smallest absolute Gasteiger partial charge is 0.133 e. The van der Waals surface area contributed by atoms with Gasteiger partial charge in [0.25, 0.3) is 0 Å². The van der Waals surface area contributed by atoms with E-state index in [1.54, 1.807) is 0 Å². The van der Waals surface area contributed by atoms with Crippen molar-refractivity contribution < 1.29 is 0 Å². The van der Waals surface area contributed by atoms with Gasteiger partial charge in [0.1, 0.15) is 11.6 Å². The molecule has 3 heteroatoms. The molecule has 0 saturated heterocycles. The van der Waals surface area contributed by atoms with Crippen LogP contribution in [0, 0.1) is 20.8 Å². The van der Waals surface area contributed by atoms with Gasteiger partial charge in [0, 0.05) is 24.1 Å². The van der Waals surface area contributed by atoms with Crippen molar-refractivity contribution in [2.24, 2.45) is 0 Å². The van der Waals surface area contributed by atoms with Crippen LogP contribution in [0.3, 0.4) is 0 Å². The largest absolute Gasteiger partial charge is 0.370 e. The molecule has 20 heavy (non-hydrogen) atoms. The lowest BCUT2D eigenvalue weighted by molar-refractivity contribution is 0.929. The van der Waals surface area contributed by atoms with Crippen molar-refractivity contribution in [3.8, 4) is 11.3 Å². The summed E-state index contributed by atoms with van der Waals surface area (Å²) in [7, 11) is 0. The van der Waals surface area contributed by atoms with Crippen LogP contribution in [0.15, 0.2) is 18.2 Å². The third-order valence-corrected chi connectivity index (χ3v) is 3.49. The Hall–Kier alpha value is -1.90. The fraction of sp³-hybridized carbons (Fsp3) is 0.412. The topological polar surface area (TPSA) is 37.8 Å². The monoisotopic (exact) mass is 269 g/mol. The average Bonchev–Trinajstić information content (AvgIpc) is 2.42. The van der Waals surface area contributed by atoms with Gasteiger partial charge >= 0.3 is 0 Å². The number of hydrogen-bond donors (Lipinski definition) is 1. The quantitative estimate of drug-likeness (QED) is 0.909. The van der Waals surface area contributed by atoms with Crippen molar-refractivity contribution in [3.05, 3.63) is 40.7 Å². The van der Waals surface area contributed by atoms with E-state index in [-0.39, 0.29) is 0 Å². The Labute approximate surface area is 121 Å². The van der Waals surface area contributed by atoms with E-state index in [0.717, 1.165) is 35.9 Å². The van der Waals surface area contributed by atoms with E-state index >= 15 is 0 Å². The summed E-state index contributed by atoms with van der Waals surface area (Å²) in [5.41, 5.74) is 5.91. The molecule has 0 unspecified atom stereocenters. The van der Waals surface area contributed by atoms with E-state index in [9.17, 15) is 0 Å². The first-order valence-electron chi connectivity index (χ1n) is 7.25. The lowest BCUT2D eigenvalue weighted by atomic mass is 10.00. The summed E-state index contributed by atoms with van der Waals surface area (Å²) in [5, 5.41) is 3.34. The summed E-state index contributed by atoms with van der Waals surface area (Å²) < 4.78 is 0. The minimum Gasteiger partial charge on any atom is -0.370 e. The molecular formula is C17H23N3. The molecule has 0 aliphatic carbocycles. The molecule has 1 aromatic heterocycles. The highest BCUT2D eigenvalue weighted by molar-refractivity contribution is 5.71. The summed E-state index contributed by atoms with van der Waals surface area (Å²) >= 11 is 0. The molecule has 1 aromatic carbocycles. The number of aromatic nitrogens is 2. The highest BCUT2D eigenvalue weighted by Gasteiger charge is 2.13. The zero-order valence-electron chi connectivity index (χ0n) is 13.0. The van der Waals surface area contributed by atoms with E-state index in [4.69, 9.17) is 4.98 Å². The molecule has 0 amide bonds. The van der Waals surface area contributed by atoms with Gasteiger partial charge in [-0.1, -0.05) is 30.7 Å². The van der Waals surface area contributed by atoms with Gasteiger partial charge in [-0.2, -0.15) is 0 Å². The molecule has 2 aromatic rings. The summed E-state index contributed by atoms with van der Waals surface area (Å²) in [6.45, 7) is 11.4. The van der Waals surface area contributed by atoms with Crippen LogP contribution in [0.25, 0.3) is 11.3 Å². The zero-order valence-corrected chi connectivity index (χ0v) is 13.0. The maximum Gasteiger partial charge on any atom is 0.133 e. The van der Waals surface area contributed by atoms with Crippen molar-refractivity contribution in [3.63, 3.8) is 0 Å². The number of nitrogens with zero attached hydrogens (tertiary/aromatic N) is 2. The minimum atomic E-state index is 0.844. The molecule has 0 fully saturated rings. The summed E-state index contributed by atoms with van der Waals surface area (Å²) in [5.74, 6) is 1.84. The molecule has 0 aliphatic rings.